The lowest BCUT2D eigenvalue weighted by Crippen LogP contribution is -2.21. The second-order valence-corrected chi connectivity index (χ2v) is 4.26. The Morgan fingerprint density at radius 3 is 2.94 bits per heavy atom. The molecular weight excluding hydrogens is 272 g/mol. The zero-order valence-corrected chi connectivity index (χ0v) is 10.7. The molecular formula is C11H15BrN2O2. The number of methoxy groups -OCH3 is 1. The summed E-state index contributed by atoms with van der Waals surface area (Å²) in [4.78, 5) is 10.5. The maximum absolute atomic E-state index is 10.5. The van der Waals surface area contributed by atoms with Crippen LogP contribution in [0.3, 0.4) is 0 Å². The minimum Gasteiger partial charge on any atom is -0.496 e. The molecule has 88 valence electrons. The van der Waals surface area contributed by atoms with Crippen molar-refractivity contribution in [2.45, 2.75) is 13.0 Å². The zero-order chi connectivity index (χ0) is 12.0. The van der Waals surface area contributed by atoms with E-state index in [9.17, 15) is 4.79 Å². The van der Waals surface area contributed by atoms with Crippen molar-refractivity contribution in [1.82, 2.24) is 5.32 Å². The normalized spacial score (nSPS) is 10.1. The molecule has 0 bridgehead atoms. The second-order valence-electron chi connectivity index (χ2n) is 3.35. The van der Waals surface area contributed by atoms with E-state index < -0.39 is 0 Å². The summed E-state index contributed by atoms with van der Waals surface area (Å²) in [5.41, 5.74) is 6.08. The Morgan fingerprint density at radius 1 is 1.56 bits per heavy atom. The highest BCUT2D eigenvalue weighted by Crippen LogP contribution is 2.22. The van der Waals surface area contributed by atoms with Crippen LogP contribution in [0.4, 0.5) is 0 Å². The summed E-state index contributed by atoms with van der Waals surface area (Å²) in [5.74, 6) is 0.531. The van der Waals surface area contributed by atoms with Crippen LogP contribution in [-0.2, 0) is 11.3 Å². The summed E-state index contributed by atoms with van der Waals surface area (Å²) >= 11 is 3.40. The van der Waals surface area contributed by atoms with Gasteiger partial charge < -0.3 is 15.8 Å². The van der Waals surface area contributed by atoms with Crippen LogP contribution in [0.2, 0.25) is 0 Å². The Balaban J connectivity index is 2.51. The van der Waals surface area contributed by atoms with Crippen LogP contribution in [-0.4, -0.2) is 19.6 Å². The topological polar surface area (TPSA) is 64.3 Å². The van der Waals surface area contributed by atoms with E-state index in [1.54, 1.807) is 7.11 Å². The third kappa shape index (κ3) is 4.20. The molecule has 4 nitrogen and oxygen atoms in total. The molecule has 0 aliphatic carbocycles. The van der Waals surface area contributed by atoms with Crippen molar-refractivity contribution >= 4 is 21.8 Å². The number of benzene rings is 1. The molecule has 0 atom stereocenters. The third-order valence-electron chi connectivity index (χ3n) is 2.11. The average molecular weight is 287 g/mol. The number of amides is 1. The maximum atomic E-state index is 10.5. The quantitative estimate of drug-likeness (QED) is 0.778. The molecule has 0 aliphatic heterocycles. The predicted octanol–water partition coefficient (Wildman–Crippen LogP) is 1.42. The van der Waals surface area contributed by atoms with Crippen molar-refractivity contribution in [3.63, 3.8) is 0 Å². The van der Waals surface area contributed by atoms with Crippen molar-refractivity contribution in [3.05, 3.63) is 28.2 Å². The SMILES string of the molecule is COc1ccc(Br)cc1CNCCC(N)=O. The van der Waals surface area contributed by atoms with E-state index in [-0.39, 0.29) is 5.91 Å². The molecule has 0 aliphatic rings. The Morgan fingerprint density at radius 2 is 2.31 bits per heavy atom. The molecule has 3 N–H and O–H groups in total. The van der Waals surface area contributed by atoms with Gasteiger partial charge in [-0.3, -0.25) is 4.79 Å². The molecule has 0 radical (unpaired) electrons. The van der Waals surface area contributed by atoms with Crippen LogP contribution >= 0.6 is 15.9 Å². The molecule has 1 rings (SSSR count). The number of carbonyl (C=O) groups is 1. The van der Waals surface area contributed by atoms with Gasteiger partial charge in [0.15, 0.2) is 0 Å². The van der Waals surface area contributed by atoms with Gasteiger partial charge in [0.05, 0.1) is 7.11 Å². The fraction of sp³-hybridized carbons (Fsp3) is 0.364. The van der Waals surface area contributed by atoms with Crippen molar-refractivity contribution in [2.24, 2.45) is 5.73 Å². The van der Waals surface area contributed by atoms with E-state index >= 15 is 0 Å². The number of primary amides is 1. The number of hydrogen-bond acceptors (Lipinski definition) is 3. The summed E-state index contributed by atoms with van der Waals surface area (Å²) in [6, 6.07) is 5.80. The summed E-state index contributed by atoms with van der Waals surface area (Å²) in [6.45, 7) is 1.22. The molecule has 0 saturated heterocycles. The molecule has 1 amide bonds. The number of halogens is 1. The molecule has 0 aromatic heterocycles. The Hall–Kier alpha value is -1.07. The lowest BCUT2D eigenvalue weighted by Gasteiger charge is -2.09. The van der Waals surface area contributed by atoms with Crippen molar-refractivity contribution in [1.29, 1.82) is 0 Å². The molecule has 0 unspecified atom stereocenters. The van der Waals surface area contributed by atoms with Crippen LogP contribution in [0.5, 0.6) is 5.75 Å². The Kier molecular flexibility index (Phi) is 5.28. The van der Waals surface area contributed by atoms with E-state index in [4.69, 9.17) is 10.5 Å². The molecule has 0 heterocycles. The number of carbonyl (C=O) groups excluding carboxylic acids is 1. The van der Waals surface area contributed by atoms with Gasteiger partial charge in [-0.25, -0.2) is 0 Å². The van der Waals surface area contributed by atoms with Gasteiger partial charge in [0.1, 0.15) is 5.75 Å². The fourth-order valence-electron chi connectivity index (χ4n) is 1.32. The molecule has 5 heteroatoms. The highest BCUT2D eigenvalue weighted by atomic mass is 79.9. The molecule has 16 heavy (non-hydrogen) atoms. The van der Waals surface area contributed by atoms with Gasteiger partial charge in [-0.1, -0.05) is 15.9 Å². The van der Waals surface area contributed by atoms with Crippen LogP contribution in [0.15, 0.2) is 22.7 Å². The fourth-order valence-corrected chi connectivity index (χ4v) is 1.73. The summed E-state index contributed by atoms with van der Waals surface area (Å²) < 4.78 is 6.23. The van der Waals surface area contributed by atoms with Crippen LogP contribution < -0.4 is 15.8 Å². The van der Waals surface area contributed by atoms with Crippen LogP contribution in [0.25, 0.3) is 0 Å². The highest BCUT2D eigenvalue weighted by molar-refractivity contribution is 9.10. The van der Waals surface area contributed by atoms with E-state index in [1.807, 2.05) is 18.2 Å². The smallest absolute Gasteiger partial charge is 0.218 e. The number of nitrogens with two attached hydrogens (primary N) is 1. The number of nitrogens with one attached hydrogen (secondary N) is 1. The van der Waals surface area contributed by atoms with Crippen LogP contribution in [0, 0.1) is 0 Å². The minimum absolute atomic E-state index is 0.297. The van der Waals surface area contributed by atoms with Crippen LogP contribution in [0.1, 0.15) is 12.0 Å². The van der Waals surface area contributed by atoms with E-state index in [1.165, 1.54) is 0 Å². The van der Waals surface area contributed by atoms with Crippen molar-refractivity contribution < 1.29 is 9.53 Å². The first-order chi connectivity index (χ1) is 7.63. The third-order valence-corrected chi connectivity index (χ3v) is 2.60. The monoisotopic (exact) mass is 286 g/mol. The van der Waals surface area contributed by atoms with Gasteiger partial charge in [-0.15, -0.1) is 0 Å². The summed E-state index contributed by atoms with van der Waals surface area (Å²) in [6.07, 6.45) is 0.344. The summed E-state index contributed by atoms with van der Waals surface area (Å²) in [7, 11) is 1.64. The molecule has 0 spiro atoms. The average Bonchev–Trinajstić information content (AvgIpc) is 2.24. The minimum atomic E-state index is -0.297. The Bertz CT molecular complexity index is 369. The van der Waals surface area contributed by atoms with Gasteiger partial charge in [0, 0.05) is 29.5 Å². The van der Waals surface area contributed by atoms with Gasteiger partial charge in [0.2, 0.25) is 5.91 Å². The number of rotatable bonds is 6. The molecule has 1 aromatic carbocycles. The largest absolute Gasteiger partial charge is 0.496 e. The Labute approximate surface area is 103 Å². The van der Waals surface area contributed by atoms with Gasteiger partial charge >= 0.3 is 0 Å². The van der Waals surface area contributed by atoms with E-state index in [2.05, 4.69) is 21.2 Å². The van der Waals surface area contributed by atoms with Gasteiger partial charge in [-0.2, -0.15) is 0 Å². The lowest BCUT2D eigenvalue weighted by molar-refractivity contribution is -0.117. The maximum Gasteiger partial charge on any atom is 0.218 e. The lowest BCUT2D eigenvalue weighted by atomic mass is 10.2. The van der Waals surface area contributed by atoms with Gasteiger partial charge in [-0.05, 0) is 18.2 Å². The van der Waals surface area contributed by atoms with Gasteiger partial charge in [0.25, 0.3) is 0 Å². The van der Waals surface area contributed by atoms with Crippen molar-refractivity contribution in [2.75, 3.05) is 13.7 Å². The van der Waals surface area contributed by atoms with Crippen molar-refractivity contribution in [3.8, 4) is 5.75 Å². The molecule has 0 fully saturated rings. The number of hydrogen-bond donors (Lipinski definition) is 2. The standard InChI is InChI=1S/C11H15BrN2O2/c1-16-10-3-2-9(12)6-8(10)7-14-5-4-11(13)15/h2-3,6,14H,4-5,7H2,1H3,(H2,13,15). The molecule has 0 saturated carbocycles. The predicted molar refractivity (Wildman–Crippen MR) is 66.2 cm³/mol. The van der Waals surface area contributed by atoms with E-state index in [0.29, 0.717) is 19.5 Å². The second kappa shape index (κ2) is 6.50. The summed E-state index contributed by atoms with van der Waals surface area (Å²) in [5, 5.41) is 3.13. The first-order valence-corrected chi connectivity index (χ1v) is 5.74. The highest BCUT2D eigenvalue weighted by Gasteiger charge is 2.03. The molecule has 1 aromatic rings. The zero-order valence-electron chi connectivity index (χ0n) is 9.13. The van der Waals surface area contributed by atoms with E-state index in [0.717, 1.165) is 15.8 Å². The first kappa shape index (κ1) is 13.0. The first-order valence-electron chi connectivity index (χ1n) is 4.95. The number of ether oxygens (including phenoxy) is 1.